The molecule has 0 rings (SSSR count). The van der Waals surface area contributed by atoms with E-state index in [0.29, 0.717) is 0 Å². The van der Waals surface area contributed by atoms with E-state index in [4.69, 9.17) is 16.0 Å². The quantitative estimate of drug-likeness (QED) is 0.392. The molecule has 0 unspecified atom stereocenters. The van der Waals surface area contributed by atoms with E-state index in [1.165, 1.54) is 0 Å². The van der Waals surface area contributed by atoms with Crippen LogP contribution in [-0.2, 0) is 30.9 Å². The smallest absolute Gasteiger partial charge is 2.00 e. The van der Waals surface area contributed by atoms with Gasteiger partial charge in [-0.05, 0) is 0 Å². The molecule has 0 saturated carbocycles. The van der Waals surface area contributed by atoms with Crippen LogP contribution in [0.5, 0.6) is 0 Å². The summed E-state index contributed by atoms with van der Waals surface area (Å²) >= 11 is -5.88. The molecule has 0 aromatic carbocycles. The van der Waals surface area contributed by atoms with E-state index in [0.717, 1.165) is 0 Å². The summed E-state index contributed by atoms with van der Waals surface area (Å²) in [6, 6.07) is 0. The largest absolute Gasteiger partial charge is 4.00 e. The fourth-order valence-electron chi connectivity index (χ4n) is 0. The first-order chi connectivity index (χ1) is 2.00. The molecule has 8 heavy (non-hydrogen) atoms. The van der Waals surface area contributed by atoms with Gasteiger partial charge in [-0.2, -0.15) is 0 Å². The summed E-state index contributed by atoms with van der Waals surface area (Å²) in [4.78, 5) is 0. The van der Waals surface area contributed by atoms with Crippen molar-refractivity contribution in [1.29, 1.82) is 0 Å². The fraction of sp³-hybridized carbons (Fsp3) is 0. The fourth-order valence-corrected chi connectivity index (χ4v) is 0. The van der Waals surface area contributed by atoms with Gasteiger partial charge in [-0.1, -0.05) is 0 Å². The number of rotatable bonds is 0. The van der Waals surface area contributed by atoms with Crippen LogP contribution in [0.3, 0.4) is 0 Å². The molecule has 0 fully saturated rings. The molecule has 40 valence electrons. The minimum atomic E-state index is -5.88. The molecular formula is AsKO5Ti. The second-order valence-corrected chi connectivity index (χ2v) is 2.32. The molecule has 0 aliphatic rings. The zero-order valence-corrected chi connectivity index (χ0v) is 10.5. The molecule has 0 heterocycles. The Morgan fingerprint density at radius 1 is 1.12 bits per heavy atom. The molecule has 0 aliphatic carbocycles. The van der Waals surface area contributed by atoms with Crippen molar-refractivity contribution in [1.82, 2.24) is 0 Å². The van der Waals surface area contributed by atoms with Gasteiger partial charge in [0.05, 0.1) is 0 Å². The molecule has 0 amide bonds. The molecular weight excluding hydrogens is 242 g/mol. The van der Waals surface area contributed by atoms with Crippen molar-refractivity contribution in [2.45, 2.75) is 0 Å². The van der Waals surface area contributed by atoms with E-state index in [2.05, 4.69) is 0 Å². The third kappa shape index (κ3) is 75.0. The average molecular weight is 242 g/mol. The van der Waals surface area contributed by atoms with Crippen molar-refractivity contribution in [3.05, 3.63) is 0 Å². The second kappa shape index (κ2) is 9.55. The first kappa shape index (κ1) is 22.4. The molecule has 0 aromatic heterocycles. The maximum Gasteiger partial charge on any atom is 4.00 e. The topological polar surface area (TPSA) is 115 Å². The average Bonchev–Trinajstić information content (AvgIpc) is 0.722. The number of hydrogen-bond donors (Lipinski definition) is 0. The number of hydrogen-bond acceptors (Lipinski definition) is 4. The minimum absolute atomic E-state index is 0. The van der Waals surface area contributed by atoms with Crippen LogP contribution in [0.15, 0.2) is 0 Å². The standard InChI is InChI=1S/AsH3O4.K.O.Ti/c2-1(3,4)5;;;/h(H3,2,3,4,5);;;/q;+1;-2;+4/p-3. The van der Waals surface area contributed by atoms with E-state index >= 15 is 0 Å². The van der Waals surface area contributed by atoms with Crippen LogP contribution in [0.1, 0.15) is 0 Å². The molecule has 5 nitrogen and oxygen atoms in total. The minimum Gasteiger partial charge on any atom is -2.00 e. The summed E-state index contributed by atoms with van der Waals surface area (Å²) in [7, 11) is 0. The summed E-state index contributed by atoms with van der Waals surface area (Å²) in [5.74, 6) is 0. The van der Waals surface area contributed by atoms with Crippen molar-refractivity contribution in [3.63, 3.8) is 0 Å². The predicted octanol–water partition coefficient (Wildman–Crippen LogP) is -7.18. The van der Waals surface area contributed by atoms with Crippen LogP contribution in [0, 0.1) is 0 Å². The van der Waals surface area contributed by atoms with Gasteiger partial charge >= 0.3 is 104 Å². The molecule has 0 aromatic rings. The maximum absolute atomic E-state index is 8.61. The van der Waals surface area contributed by atoms with E-state index in [1.54, 1.807) is 0 Å². The first-order valence-corrected chi connectivity index (χ1v) is 3.79. The van der Waals surface area contributed by atoms with Crippen LogP contribution in [0.2, 0.25) is 0 Å². The third-order valence-electron chi connectivity index (χ3n) is 0. The normalized spacial score (nSPS) is 7.38. The van der Waals surface area contributed by atoms with Gasteiger partial charge in [-0.15, -0.1) is 0 Å². The molecule has 0 bridgehead atoms. The monoisotopic (exact) mass is 242 g/mol. The van der Waals surface area contributed by atoms with Crippen LogP contribution < -0.4 is 63.7 Å². The molecule has 8 heteroatoms. The zero-order chi connectivity index (χ0) is 4.50. The summed E-state index contributed by atoms with van der Waals surface area (Å²) < 4.78 is 34.4. The first-order valence-electron chi connectivity index (χ1n) is 0.730. The summed E-state index contributed by atoms with van der Waals surface area (Å²) in [6.07, 6.45) is 0. The Morgan fingerprint density at radius 3 is 1.12 bits per heavy atom. The SMILES string of the molecule is O=[As]([O-])([O-])[O-].[K+].[O-2].[Ti+4]. The van der Waals surface area contributed by atoms with Gasteiger partial charge in [0.15, 0.2) is 0 Å². The third-order valence-corrected chi connectivity index (χ3v) is 0. The Labute approximate surface area is 107 Å². The molecule has 0 N–H and O–H groups in total. The van der Waals surface area contributed by atoms with E-state index < -0.39 is 14.5 Å². The Bertz CT molecular complexity index is 58.6. The van der Waals surface area contributed by atoms with Crippen molar-refractivity contribution in [3.8, 4) is 0 Å². The molecule has 0 saturated heterocycles. The Balaban J connectivity index is -0.0000000267. The van der Waals surface area contributed by atoms with Gasteiger partial charge in [0, 0.05) is 0 Å². The van der Waals surface area contributed by atoms with Crippen molar-refractivity contribution in [2.24, 2.45) is 0 Å². The van der Waals surface area contributed by atoms with E-state index in [-0.39, 0.29) is 78.6 Å². The van der Waals surface area contributed by atoms with Crippen molar-refractivity contribution in [2.75, 3.05) is 0 Å². The van der Waals surface area contributed by atoms with Gasteiger partial charge in [0.1, 0.15) is 0 Å². The van der Waals surface area contributed by atoms with Gasteiger partial charge in [0.25, 0.3) is 0 Å². The predicted molar refractivity (Wildman–Crippen MR) is 7.13 cm³/mol. The van der Waals surface area contributed by atoms with Crippen LogP contribution >= 0.6 is 0 Å². The van der Waals surface area contributed by atoms with Crippen molar-refractivity contribution < 1.29 is 94.6 Å². The molecule has 0 atom stereocenters. The molecule has 0 spiro atoms. The van der Waals surface area contributed by atoms with Gasteiger partial charge in [-0.25, -0.2) is 0 Å². The van der Waals surface area contributed by atoms with Gasteiger partial charge in [-0.3, -0.25) is 0 Å². The Morgan fingerprint density at radius 2 is 1.12 bits per heavy atom. The van der Waals surface area contributed by atoms with Gasteiger partial charge in [0.2, 0.25) is 0 Å². The van der Waals surface area contributed by atoms with Crippen molar-refractivity contribution >= 4 is 14.5 Å². The summed E-state index contributed by atoms with van der Waals surface area (Å²) in [5, 5.41) is 0. The molecule has 0 aliphatic heterocycles. The summed E-state index contributed by atoms with van der Waals surface area (Å²) in [6.45, 7) is 0. The van der Waals surface area contributed by atoms with Crippen LogP contribution in [-0.4, -0.2) is 14.5 Å². The van der Waals surface area contributed by atoms with Crippen LogP contribution in [0.25, 0.3) is 0 Å². The van der Waals surface area contributed by atoms with E-state index in [1.807, 2.05) is 0 Å². The van der Waals surface area contributed by atoms with Gasteiger partial charge < -0.3 is 5.48 Å². The maximum atomic E-state index is 8.61. The zero-order valence-electron chi connectivity index (χ0n) is 3.99. The van der Waals surface area contributed by atoms with E-state index in [9.17, 15) is 0 Å². The Hall–Kier alpha value is 2.55. The Kier molecular flexibility index (Phi) is 26.8. The molecule has 0 radical (unpaired) electrons. The summed E-state index contributed by atoms with van der Waals surface area (Å²) in [5.41, 5.74) is 0. The van der Waals surface area contributed by atoms with Crippen LogP contribution in [0.4, 0.5) is 0 Å². The second-order valence-electron chi connectivity index (χ2n) is 0.447.